The number of urea groups is 1. The average molecular weight is 345 g/mol. The van der Waals surface area contributed by atoms with Crippen molar-refractivity contribution in [2.24, 2.45) is 0 Å². The zero-order valence-corrected chi connectivity index (χ0v) is 13.9. The largest absolute Gasteiger partial charge is 0.492 e. The van der Waals surface area contributed by atoms with Gasteiger partial charge in [0.25, 0.3) is 0 Å². The maximum Gasteiger partial charge on any atom is 0.405 e. The van der Waals surface area contributed by atoms with E-state index >= 15 is 0 Å². The third kappa shape index (κ3) is 4.11. The summed E-state index contributed by atoms with van der Waals surface area (Å²) < 4.78 is 44.9. The first kappa shape index (κ1) is 18.4. The average Bonchev–Trinajstić information content (AvgIpc) is 2.50. The highest BCUT2D eigenvalue weighted by Gasteiger charge is 2.48. The van der Waals surface area contributed by atoms with Crippen molar-refractivity contribution < 1.29 is 22.7 Å². The van der Waals surface area contributed by atoms with Crippen LogP contribution in [0.15, 0.2) is 24.3 Å². The highest BCUT2D eigenvalue weighted by atomic mass is 19.4. The number of anilines is 1. The third-order valence-corrected chi connectivity index (χ3v) is 4.16. The number of nitrogens with one attached hydrogen (secondary N) is 1. The summed E-state index contributed by atoms with van der Waals surface area (Å²) in [6.45, 7) is 3.74. The lowest BCUT2D eigenvalue weighted by atomic mass is 10.1. The van der Waals surface area contributed by atoms with Crippen molar-refractivity contribution in [2.75, 3.05) is 32.1 Å². The quantitative estimate of drug-likeness (QED) is 0.915. The molecule has 0 bridgehead atoms. The fourth-order valence-electron chi connectivity index (χ4n) is 2.71. The summed E-state index contributed by atoms with van der Waals surface area (Å²) in [6, 6.07) is 4.22. The molecule has 2 rings (SSSR count). The molecule has 1 aromatic carbocycles. The predicted octanol–water partition coefficient (Wildman–Crippen LogP) is 3.18. The Kier molecular flexibility index (Phi) is 5.58. The van der Waals surface area contributed by atoms with E-state index in [-0.39, 0.29) is 6.54 Å². The summed E-state index contributed by atoms with van der Waals surface area (Å²) in [4.78, 5) is 14.9. The lowest BCUT2D eigenvalue weighted by Crippen LogP contribution is -2.62. The molecule has 1 fully saturated rings. The fraction of sp³-hybridized carbons (Fsp3) is 0.562. The predicted molar refractivity (Wildman–Crippen MR) is 85.3 cm³/mol. The molecule has 1 heterocycles. The molecule has 0 aliphatic carbocycles. The molecule has 0 radical (unpaired) electrons. The van der Waals surface area contributed by atoms with E-state index in [1.54, 1.807) is 31.2 Å². The van der Waals surface area contributed by atoms with Crippen LogP contribution in [0.25, 0.3) is 0 Å². The minimum Gasteiger partial charge on any atom is -0.492 e. The number of ether oxygens (including phenoxy) is 1. The Hall–Kier alpha value is -1.96. The number of halogens is 3. The Morgan fingerprint density at radius 3 is 2.62 bits per heavy atom. The van der Waals surface area contributed by atoms with Crippen molar-refractivity contribution in [3.63, 3.8) is 0 Å². The first-order chi connectivity index (χ1) is 11.2. The number of nitrogens with zero attached hydrogens (tertiary/aromatic N) is 2. The Bertz CT molecular complexity index is 580. The number of amides is 2. The Labute approximate surface area is 139 Å². The molecule has 1 aromatic rings. The van der Waals surface area contributed by atoms with Gasteiger partial charge in [0.2, 0.25) is 0 Å². The first-order valence-electron chi connectivity index (χ1n) is 7.80. The second kappa shape index (κ2) is 7.29. The van der Waals surface area contributed by atoms with Gasteiger partial charge in [-0.05, 0) is 33.0 Å². The number of benzene rings is 1. The van der Waals surface area contributed by atoms with E-state index in [0.29, 0.717) is 18.0 Å². The summed E-state index contributed by atoms with van der Waals surface area (Å²) >= 11 is 0. The van der Waals surface area contributed by atoms with E-state index < -0.39 is 30.8 Å². The third-order valence-electron chi connectivity index (χ3n) is 4.16. The lowest BCUT2D eigenvalue weighted by Gasteiger charge is -2.44. The number of likely N-dealkylation sites (N-methyl/N-ethyl adjacent to an activating group) is 1. The number of para-hydroxylation sites is 2. The molecule has 0 aromatic heterocycles. The van der Waals surface area contributed by atoms with Gasteiger partial charge in [0.15, 0.2) is 0 Å². The number of carbonyl (C=O) groups excluding carboxylic acids is 1. The molecule has 5 nitrogen and oxygen atoms in total. The zero-order chi connectivity index (χ0) is 17.9. The van der Waals surface area contributed by atoms with E-state index in [1.165, 1.54) is 16.8 Å². The molecule has 1 N–H and O–H groups in total. The van der Waals surface area contributed by atoms with Gasteiger partial charge >= 0.3 is 12.2 Å². The SMILES string of the molecule is CCOc1ccccc1NC(=O)N1CC(C)N(C)C(C(F)(F)F)C1. The molecule has 134 valence electrons. The molecule has 1 aliphatic heterocycles. The Balaban J connectivity index is 2.12. The molecule has 0 saturated carbocycles. The van der Waals surface area contributed by atoms with E-state index in [4.69, 9.17) is 4.74 Å². The van der Waals surface area contributed by atoms with E-state index in [0.717, 1.165) is 0 Å². The van der Waals surface area contributed by atoms with Gasteiger partial charge in [-0.1, -0.05) is 12.1 Å². The monoisotopic (exact) mass is 345 g/mol. The van der Waals surface area contributed by atoms with Crippen LogP contribution in [0.3, 0.4) is 0 Å². The van der Waals surface area contributed by atoms with Crippen molar-refractivity contribution >= 4 is 11.7 Å². The standard InChI is InChI=1S/C16H22F3N3O2/c1-4-24-13-8-6-5-7-12(13)20-15(23)22-9-11(2)21(3)14(10-22)16(17,18)19/h5-8,11,14H,4,9-10H2,1-3H3,(H,20,23). The molecular formula is C16H22F3N3O2. The number of hydrogen-bond acceptors (Lipinski definition) is 3. The van der Waals surface area contributed by atoms with Crippen LogP contribution < -0.4 is 10.1 Å². The summed E-state index contributed by atoms with van der Waals surface area (Å²) in [7, 11) is 1.43. The van der Waals surface area contributed by atoms with Crippen LogP contribution in [0.1, 0.15) is 13.8 Å². The molecule has 8 heteroatoms. The van der Waals surface area contributed by atoms with Gasteiger partial charge in [0.05, 0.1) is 12.3 Å². The smallest absolute Gasteiger partial charge is 0.405 e. The van der Waals surface area contributed by atoms with Gasteiger partial charge in [-0.15, -0.1) is 0 Å². The Morgan fingerprint density at radius 2 is 2.00 bits per heavy atom. The van der Waals surface area contributed by atoms with Crippen LogP contribution in [0.2, 0.25) is 0 Å². The highest BCUT2D eigenvalue weighted by molar-refractivity contribution is 5.91. The molecule has 1 saturated heterocycles. The molecular weight excluding hydrogens is 323 g/mol. The van der Waals surface area contributed by atoms with Crippen molar-refractivity contribution in [3.05, 3.63) is 24.3 Å². The van der Waals surface area contributed by atoms with E-state index in [1.807, 2.05) is 6.92 Å². The van der Waals surface area contributed by atoms with Gasteiger partial charge in [0, 0.05) is 19.1 Å². The van der Waals surface area contributed by atoms with E-state index in [2.05, 4.69) is 5.32 Å². The topological polar surface area (TPSA) is 44.8 Å². The van der Waals surface area contributed by atoms with Gasteiger partial charge in [0.1, 0.15) is 11.8 Å². The minimum atomic E-state index is -4.38. The number of hydrogen-bond donors (Lipinski definition) is 1. The molecule has 2 atom stereocenters. The van der Waals surface area contributed by atoms with Gasteiger partial charge in [-0.25, -0.2) is 4.79 Å². The number of carbonyl (C=O) groups is 1. The van der Waals surface area contributed by atoms with Crippen molar-refractivity contribution in [1.29, 1.82) is 0 Å². The summed E-state index contributed by atoms with van der Waals surface area (Å²) in [5, 5.41) is 2.65. The molecule has 2 amide bonds. The normalized spacial score (nSPS) is 22.3. The van der Waals surface area contributed by atoms with Crippen molar-refractivity contribution in [2.45, 2.75) is 32.1 Å². The molecule has 1 aliphatic rings. The summed E-state index contributed by atoms with van der Waals surface area (Å²) in [5.74, 6) is 0.489. The van der Waals surface area contributed by atoms with Crippen LogP contribution in [-0.4, -0.2) is 60.8 Å². The van der Waals surface area contributed by atoms with Crippen LogP contribution >= 0.6 is 0 Å². The zero-order valence-electron chi connectivity index (χ0n) is 13.9. The van der Waals surface area contributed by atoms with E-state index in [9.17, 15) is 18.0 Å². The highest BCUT2D eigenvalue weighted by Crippen LogP contribution is 2.30. The molecule has 2 unspecified atom stereocenters. The number of alkyl halides is 3. The maximum absolute atomic E-state index is 13.2. The molecule has 24 heavy (non-hydrogen) atoms. The van der Waals surface area contributed by atoms with Crippen LogP contribution in [-0.2, 0) is 0 Å². The minimum absolute atomic E-state index is 0.228. The van der Waals surface area contributed by atoms with Crippen LogP contribution in [0, 0.1) is 0 Å². The van der Waals surface area contributed by atoms with Crippen LogP contribution in [0.4, 0.5) is 23.7 Å². The Morgan fingerprint density at radius 1 is 1.33 bits per heavy atom. The maximum atomic E-state index is 13.2. The van der Waals surface area contributed by atoms with Crippen molar-refractivity contribution in [1.82, 2.24) is 9.80 Å². The summed E-state index contributed by atoms with van der Waals surface area (Å²) in [5.41, 5.74) is 0.444. The second-order valence-electron chi connectivity index (χ2n) is 5.84. The molecule has 0 spiro atoms. The van der Waals surface area contributed by atoms with Gasteiger partial charge in [-0.3, -0.25) is 4.90 Å². The summed E-state index contributed by atoms with van der Waals surface area (Å²) in [6.07, 6.45) is -4.38. The van der Waals surface area contributed by atoms with Gasteiger partial charge in [-0.2, -0.15) is 13.2 Å². The van der Waals surface area contributed by atoms with Gasteiger partial charge < -0.3 is 15.0 Å². The lowest BCUT2D eigenvalue weighted by molar-refractivity contribution is -0.196. The first-order valence-corrected chi connectivity index (χ1v) is 7.80. The second-order valence-corrected chi connectivity index (χ2v) is 5.84. The van der Waals surface area contributed by atoms with Crippen LogP contribution in [0.5, 0.6) is 5.75 Å². The number of rotatable bonds is 3. The van der Waals surface area contributed by atoms with Crippen molar-refractivity contribution in [3.8, 4) is 5.75 Å². The fourth-order valence-corrected chi connectivity index (χ4v) is 2.71. The number of piperazine rings is 1.